The van der Waals surface area contributed by atoms with Gasteiger partial charge in [-0.2, -0.15) is 0 Å². The molecule has 1 heterocycles. The first-order valence-electron chi connectivity index (χ1n) is 8.60. The maximum Gasteiger partial charge on any atom is 0.255 e. The molecule has 1 aromatic carbocycles. The number of amides is 1. The van der Waals surface area contributed by atoms with Crippen LogP contribution in [0.4, 0.5) is 0 Å². The number of rotatable bonds is 4. The third-order valence-electron chi connectivity index (χ3n) is 4.61. The second kappa shape index (κ2) is 7.63. The number of hydrogen-bond donors (Lipinski definition) is 2. The molecule has 1 saturated carbocycles. The van der Waals surface area contributed by atoms with Crippen LogP contribution in [-0.4, -0.2) is 31.1 Å². The summed E-state index contributed by atoms with van der Waals surface area (Å²) in [6.07, 6.45) is 8.38. The van der Waals surface area contributed by atoms with Crippen molar-refractivity contribution in [3.63, 3.8) is 0 Å². The highest BCUT2D eigenvalue weighted by atomic mass is 16.5. The summed E-state index contributed by atoms with van der Waals surface area (Å²) in [6.45, 7) is 1.91. The van der Waals surface area contributed by atoms with Crippen LogP contribution in [0.2, 0.25) is 0 Å². The molecule has 2 fully saturated rings. The summed E-state index contributed by atoms with van der Waals surface area (Å²) in [5, 5.41) is 6.46. The third-order valence-corrected chi connectivity index (χ3v) is 4.61. The molecule has 1 aliphatic carbocycles. The predicted molar refractivity (Wildman–Crippen MR) is 87.3 cm³/mol. The Balaban J connectivity index is 1.65. The van der Waals surface area contributed by atoms with Gasteiger partial charge in [0.2, 0.25) is 0 Å². The van der Waals surface area contributed by atoms with Gasteiger partial charge in [0.15, 0.2) is 0 Å². The van der Waals surface area contributed by atoms with Crippen LogP contribution in [0.1, 0.15) is 55.3 Å². The highest BCUT2D eigenvalue weighted by Crippen LogP contribution is 2.26. The molecular weight excluding hydrogens is 276 g/mol. The molecule has 1 aromatic rings. The normalized spacial score (nSPS) is 23.0. The van der Waals surface area contributed by atoms with Crippen molar-refractivity contribution in [2.45, 2.75) is 57.1 Å². The zero-order chi connectivity index (χ0) is 15.2. The van der Waals surface area contributed by atoms with Crippen molar-refractivity contribution in [2.24, 2.45) is 0 Å². The first-order valence-corrected chi connectivity index (χ1v) is 8.60. The van der Waals surface area contributed by atoms with Crippen LogP contribution < -0.4 is 15.4 Å². The van der Waals surface area contributed by atoms with E-state index in [-0.39, 0.29) is 18.1 Å². The van der Waals surface area contributed by atoms with E-state index in [4.69, 9.17) is 4.74 Å². The van der Waals surface area contributed by atoms with Crippen molar-refractivity contribution < 1.29 is 9.53 Å². The maximum absolute atomic E-state index is 12.6. The minimum Gasteiger partial charge on any atom is -0.490 e. The van der Waals surface area contributed by atoms with Crippen molar-refractivity contribution >= 4 is 5.91 Å². The van der Waals surface area contributed by atoms with Crippen LogP contribution >= 0.6 is 0 Å². The quantitative estimate of drug-likeness (QED) is 0.899. The molecule has 0 unspecified atom stereocenters. The number of hydrogen-bond acceptors (Lipinski definition) is 3. The van der Waals surface area contributed by atoms with Crippen molar-refractivity contribution in [2.75, 3.05) is 13.1 Å². The Kier molecular flexibility index (Phi) is 5.33. The molecule has 3 rings (SSSR count). The minimum atomic E-state index is -0.0138. The van der Waals surface area contributed by atoms with Crippen molar-refractivity contribution in [1.29, 1.82) is 0 Å². The average molecular weight is 302 g/mol. The van der Waals surface area contributed by atoms with Crippen molar-refractivity contribution in [1.82, 2.24) is 10.6 Å². The molecule has 0 bridgehead atoms. The van der Waals surface area contributed by atoms with Gasteiger partial charge in [-0.3, -0.25) is 4.79 Å². The van der Waals surface area contributed by atoms with Gasteiger partial charge in [0.1, 0.15) is 5.75 Å². The molecule has 2 aliphatic rings. The van der Waals surface area contributed by atoms with Crippen LogP contribution in [0.5, 0.6) is 5.75 Å². The van der Waals surface area contributed by atoms with Crippen LogP contribution in [0.25, 0.3) is 0 Å². The van der Waals surface area contributed by atoms with E-state index in [1.165, 1.54) is 19.3 Å². The molecule has 0 spiro atoms. The van der Waals surface area contributed by atoms with Gasteiger partial charge >= 0.3 is 0 Å². The number of carbonyl (C=O) groups excluding carboxylic acids is 1. The second-order valence-corrected chi connectivity index (χ2v) is 6.39. The smallest absolute Gasteiger partial charge is 0.255 e. The molecule has 1 atom stereocenters. The fraction of sp³-hybridized carbons (Fsp3) is 0.611. The van der Waals surface area contributed by atoms with E-state index in [1.807, 2.05) is 24.3 Å². The highest BCUT2D eigenvalue weighted by Gasteiger charge is 2.21. The molecule has 2 N–H and O–H groups in total. The van der Waals surface area contributed by atoms with Gasteiger partial charge in [-0.1, -0.05) is 18.6 Å². The number of benzene rings is 1. The monoisotopic (exact) mass is 302 g/mol. The van der Waals surface area contributed by atoms with Crippen LogP contribution in [0, 0.1) is 0 Å². The SMILES string of the molecule is O=C(N[C@H]1CCCNC1)c1ccccc1OC1CCCCC1. The fourth-order valence-corrected chi connectivity index (χ4v) is 3.36. The Bertz CT molecular complexity index is 492. The fourth-order valence-electron chi connectivity index (χ4n) is 3.36. The predicted octanol–water partition coefficient (Wildman–Crippen LogP) is 2.88. The summed E-state index contributed by atoms with van der Waals surface area (Å²) in [7, 11) is 0. The average Bonchev–Trinajstić information content (AvgIpc) is 2.57. The molecule has 1 aliphatic heterocycles. The van der Waals surface area contributed by atoms with Crippen molar-refractivity contribution in [3.8, 4) is 5.75 Å². The van der Waals surface area contributed by atoms with E-state index < -0.39 is 0 Å². The van der Waals surface area contributed by atoms with Crippen molar-refractivity contribution in [3.05, 3.63) is 29.8 Å². The maximum atomic E-state index is 12.6. The van der Waals surface area contributed by atoms with Gasteiger partial charge in [-0.15, -0.1) is 0 Å². The standard InChI is InChI=1S/C18H26N2O2/c21-18(20-14-7-6-12-19-13-14)16-10-4-5-11-17(16)22-15-8-2-1-3-9-15/h4-5,10-11,14-15,19H,1-3,6-9,12-13H2,(H,20,21)/t14-/m0/s1. The Morgan fingerprint density at radius 2 is 1.91 bits per heavy atom. The molecule has 4 heteroatoms. The van der Waals surface area contributed by atoms with Crippen LogP contribution in [0.15, 0.2) is 24.3 Å². The Morgan fingerprint density at radius 3 is 2.68 bits per heavy atom. The lowest BCUT2D eigenvalue weighted by Crippen LogP contribution is -2.45. The van der Waals surface area contributed by atoms with E-state index in [2.05, 4.69) is 10.6 Å². The molecule has 1 amide bonds. The largest absolute Gasteiger partial charge is 0.490 e. The summed E-state index contributed by atoms with van der Waals surface area (Å²) in [6, 6.07) is 7.86. The number of piperidine rings is 1. The van der Waals surface area contributed by atoms with Gasteiger partial charge in [0, 0.05) is 12.6 Å². The summed E-state index contributed by atoms with van der Waals surface area (Å²) < 4.78 is 6.12. The van der Waals surface area contributed by atoms with Gasteiger partial charge in [-0.05, 0) is 57.2 Å². The summed E-state index contributed by atoms with van der Waals surface area (Å²) in [5.74, 6) is 0.718. The lowest BCUT2D eigenvalue weighted by atomic mass is 9.97. The number of carbonyl (C=O) groups is 1. The molecule has 22 heavy (non-hydrogen) atoms. The molecular formula is C18H26N2O2. The lowest BCUT2D eigenvalue weighted by molar-refractivity contribution is 0.0919. The van der Waals surface area contributed by atoms with Crippen LogP contribution in [-0.2, 0) is 0 Å². The van der Waals surface area contributed by atoms with E-state index in [0.717, 1.165) is 44.5 Å². The Morgan fingerprint density at radius 1 is 1.09 bits per heavy atom. The minimum absolute atomic E-state index is 0.0138. The van der Waals surface area contributed by atoms with E-state index >= 15 is 0 Å². The Labute approximate surface area is 132 Å². The van der Waals surface area contributed by atoms with E-state index in [9.17, 15) is 4.79 Å². The summed E-state index contributed by atoms with van der Waals surface area (Å²) >= 11 is 0. The van der Waals surface area contributed by atoms with Gasteiger partial charge in [0.25, 0.3) is 5.91 Å². The first kappa shape index (κ1) is 15.3. The second-order valence-electron chi connectivity index (χ2n) is 6.39. The highest BCUT2D eigenvalue weighted by molar-refractivity contribution is 5.97. The zero-order valence-electron chi connectivity index (χ0n) is 13.1. The molecule has 0 radical (unpaired) electrons. The van der Waals surface area contributed by atoms with Gasteiger partial charge in [-0.25, -0.2) is 0 Å². The van der Waals surface area contributed by atoms with Crippen LogP contribution in [0.3, 0.4) is 0 Å². The topological polar surface area (TPSA) is 50.4 Å². The number of para-hydroxylation sites is 1. The first-order chi connectivity index (χ1) is 10.8. The van der Waals surface area contributed by atoms with Gasteiger partial charge in [0.05, 0.1) is 11.7 Å². The summed E-state index contributed by atoms with van der Waals surface area (Å²) in [5.41, 5.74) is 0.665. The van der Waals surface area contributed by atoms with E-state index in [0.29, 0.717) is 5.56 Å². The number of ether oxygens (including phenoxy) is 1. The third kappa shape index (κ3) is 4.01. The molecule has 1 saturated heterocycles. The zero-order valence-corrected chi connectivity index (χ0v) is 13.1. The molecule has 4 nitrogen and oxygen atoms in total. The molecule has 0 aromatic heterocycles. The lowest BCUT2D eigenvalue weighted by Gasteiger charge is -2.26. The van der Waals surface area contributed by atoms with Gasteiger partial charge < -0.3 is 15.4 Å². The number of nitrogens with one attached hydrogen (secondary N) is 2. The Hall–Kier alpha value is -1.55. The van der Waals surface area contributed by atoms with E-state index in [1.54, 1.807) is 0 Å². The molecule has 120 valence electrons. The summed E-state index contributed by atoms with van der Waals surface area (Å²) in [4.78, 5) is 12.6.